The predicted molar refractivity (Wildman–Crippen MR) is 79.6 cm³/mol. The Hall–Kier alpha value is -2.17. The third-order valence-electron chi connectivity index (χ3n) is 3.02. The van der Waals surface area contributed by atoms with Gasteiger partial charge in [0.05, 0.1) is 5.56 Å². The van der Waals surface area contributed by atoms with Crippen LogP contribution in [-0.4, -0.2) is 13.1 Å². The van der Waals surface area contributed by atoms with Gasteiger partial charge < -0.3 is 10.6 Å². The molecule has 2 nitrogen and oxygen atoms in total. The van der Waals surface area contributed by atoms with E-state index in [1.54, 1.807) is 6.07 Å². The van der Waals surface area contributed by atoms with Crippen LogP contribution in [0.4, 0.5) is 24.5 Å². The monoisotopic (exact) mass is 294 g/mol. The lowest BCUT2D eigenvalue weighted by atomic mass is 10.2. The first-order valence-corrected chi connectivity index (χ1v) is 6.67. The van der Waals surface area contributed by atoms with E-state index in [-0.39, 0.29) is 0 Å². The Morgan fingerprint density at radius 1 is 0.857 bits per heavy atom. The maximum Gasteiger partial charge on any atom is 0.416 e. The van der Waals surface area contributed by atoms with Crippen LogP contribution in [0.5, 0.6) is 0 Å². The van der Waals surface area contributed by atoms with Crippen LogP contribution in [0.3, 0.4) is 0 Å². The van der Waals surface area contributed by atoms with Crippen molar-refractivity contribution >= 4 is 11.4 Å². The second-order valence-electron chi connectivity index (χ2n) is 4.80. The van der Waals surface area contributed by atoms with Crippen molar-refractivity contribution in [3.05, 3.63) is 59.7 Å². The maximum atomic E-state index is 12.6. The third-order valence-corrected chi connectivity index (χ3v) is 3.02. The number of aryl methyl sites for hydroxylation is 1. The van der Waals surface area contributed by atoms with E-state index in [2.05, 4.69) is 10.6 Å². The van der Waals surface area contributed by atoms with E-state index in [0.717, 1.165) is 17.8 Å². The summed E-state index contributed by atoms with van der Waals surface area (Å²) >= 11 is 0. The summed E-state index contributed by atoms with van der Waals surface area (Å²) < 4.78 is 37.7. The number of anilines is 2. The molecule has 0 aliphatic heterocycles. The van der Waals surface area contributed by atoms with E-state index in [1.807, 2.05) is 31.2 Å². The molecule has 0 fully saturated rings. The van der Waals surface area contributed by atoms with Gasteiger partial charge in [-0.15, -0.1) is 0 Å². The van der Waals surface area contributed by atoms with Crippen LogP contribution >= 0.6 is 0 Å². The molecular formula is C16H17F3N2. The van der Waals surface area contributed by atoms with Gasteiger partial charge in [0.1, 0.15) is 0 Å². The molecule has 0 atom stereocenters. The summed E-state index contributed by atoms with van der Waals surface area (Å²) in [6.45, 7) is 3.17. The lowest BCUT2D eigenvalue weighted by Gasteiger charge is -2.11. The van der Waals surface area contributed by atoms with Gasteiger partial charge >= 0.3 is 6.18 Å². The zero-order valence-corrected chi connectivity index (χ0v) is 11.7. The highest BCUT2D eigenvalue weighted by atomic mass is 19.4. The van der Waals surface area contributed by atoms with Crippen molar-refractivity contribution < 1.29 is 13.2 Å². The summed E-state index contributed by atoms with van der Waals surface area (Å²) in [6, 6.07) is 13.2. The summed E-state index contributed by atoms with van der Waals surface area (Å²) in [5, 5.41) is 6.18. The predicted octanol–water partition coefficient (Wildman–Crippen LogP) is 4.54. The van der Waals surface area contributed by atoms with Gasteiger partial charge in [-0.2, -0.15) is 13.2 Å². The molecule has 0 aliphatic rings. The minimum atomic E-state index is -4.31. The first kappa shape index (κ1) is 15.2. The summed E-state index contributed by atoms with van der Waals surface area (Å²) in [5.74, 6) is 0. The van der Waals surface area contributed by atoms with Crippen LogP contribution in [0, 0.1) is 6.92 Å². The van der Waals surface area contributed by atoms with Crippen LogP contribution in [-0.2, 0) is 6.18 Å². The second kappa shape index (κ2) is 6.52. The van der Waals surface area contributed by atoms with Gasteiger partial charge in [-0.25, -0.2) is 0 Å². The minimum Gasteiger partial charge on any atom is -0.383 e. The molecule has 0 saturated heterocycles. The molecule has 0 amide bonds. The molecule has 5 heteroatoms. The number of halogens is 3. The van der Waals surface area contributed by atoms with E-state index in [0.29, 0.717) is 18.8 Å². The van der Waals surface area contributed by atoms with Crippen LogP contribution in [0.15, 0.2) is 48.5 Å². The number of nitrogens with one attached hydrogen (secondary N) is 2. The Morgan fingerprint density at radius 3 is 2.10 bits per heavy atom. The number of rotatable bonds is 5. The fourth-order valence-corrected chi connectivity index (χ4v) is 1.89. The molecule has 0 aliphatic carbocycles. The van der Waals surface area contributed by atoms with Gasteiger partial charge in [-0.05, 0) is 37.3 Å². The van der Waals surface area contributed by atoms with E-state index in [1.165, 1.54) is 11.6 Å². The number of alkyl halides is 3. The highest BCUT2D eigenvalue weighted by Crippen LogP contribution is 2.30. The van der Waals surface area contributed by atoms with Gasteiger partial charge in [-0.3, -0.25) is 0 Å². The van der Waals surface area contributed by atoms with E-state index >= 15 is 0 Å². The van der Waals surface area contributed by atoms with Crippen molar-refractivity contribution in [2.45, 2.75) is 13.1 Å². The van der Waals surface area contributed by atoms with Gasteiger partial charge in [0.2, 0.25) is 0 Å². The topological polar surface area (TPSA) is 24.1 Å². The van der Waals surface area contributed by atoms with Crippen LogP contribution in [0.1, 0.15) is 11.1 Å². The molecule has 0 heterocycles. The fraction of sp³-hybridized carbons (Fsp3) is 0.250. The molecule has 0 bridgehead atoms. The highest BCUT2D eigenvalue weighted by molar-refractivity contribution is 5.47. The zero-order valence-electron chi connectivity index (χ0n) is 11.7. The molecule has 21 heavy (non-hydrogen) atoms. The molecule has 0 spiro atoms. The summed E-state index contributed by atoms with van der Waals surface area (Å²) in [5.41, 5.74) is 2.00. The van der Waals surface area contributed by atoms with Crippen molar-refractivity contribution in [1.82, 2.24) is 0 Å². The molecule has 2 rings (SSSR count). The number of hydrogen-bond donors (Lipinski definition) is 2. The third kappa shape index (κ3) is 4.70. The largest absolute Gasteiger partial charge is 0.416 e. The van der Waals surface area contributed by atoms with Crippen LogP contribution < -0.4 is 10.6 Å². The van der Waals surface area contributed by atoms with Crippen LogP contribution in [0.25, 0.3) is 0 Å². The van der Waals surface area contributed by atoms with Crippen molar-refractivity contribution in [1.29, 1.82) is 0 Å². The molecule has 2 N–H and O–H groups in total. The second-order valence-corrected chi connectivity index (χ2v) is 4.80. The molecule has 2 aromatic rings. The van der Waals surface area contributed by atoms with Crippen molar-refractivity contribution in [2.24, 2.45) is 0 Å². The lowest BCUT2D eigenvalue weighted by Crippen LogP contribution is -2.14. The van der Waals surface area contributed by atoms with Crippen molar-refractivity contribution in [2.75, 3.05) is 23.7 Å². The van der Waals surface area contributed by atoms with E-state index in [9.17, 15) is 13.2 Å². The Kier molecular flexibility index (Phi) is 4.73. The zero-order chi connectivity index (χ0) is 15.3. The molecular weight excluding hydrogens is 277 g/mol. The molecule has 0 saturated carbocycles. The molecule has 0 radical (unpaired) electrons. The highest BCUT2D eigenvalue weighted by Gasteiger charge is 2.30. The maximum absolute atomic E-state index is 12.6. The van der Waals surface area contributed by atoms with Gasteiger partial charge in [-0.1, -0.05) is 23.8 Å². The van der Waals surface area contributed by atoms with Crippen LogP contribution in [0.2, 0.25) is 0 Å². The minimum absolute atomic E-state index is 0.468. The Labute approximate surface area is 122 Å². The smallest absolute Gasteiger partial charge is 0.383 e. The molecule has 2 aromatic carbocycles. The van der Waals surface area contributed by atoms with Crippen molar-refractivity contribution in [3.63, 3.8) is 0 Å². The SMILES string of the molecule is Cc1ccc(NCCNc2cccc(C(F)(F)F)c2)cc1. The first-order chi connectivity index (χ1) is 9.95. The van der Waals surface area contributed by atoms with E-state index in [4.69, 9.17) is 0 Å². The number of benzene rings is 2. The summed E-state index contributed by atoms with van der Waals surface area (Å²) in [4.78, 5) is 0. The summed E-state index contributed by atoms with van der Waals surface area (Å²) in [7, 11) is 0. The Morgan fingerprint density at radius 2 is 1.48 bits per heavy atom. The average molecular weight is 294 g/mol. The quantitative estimate of drug-likeness (QED) is 0.791. The average Bonchev–Trinajstić information content (AvgIpc) is 2.45. The summed E-state index contributed by atoms with van der Waals surface area (Å²) in [6.07, 6.45) is -4.31. The van der Waals surface area contributed by atoms with E-state index < -0.39 is 11.7 Å². The standard InChI is InChI=1S/C16H17F3N2/c1-12-5-7-14(8-6-12)20-9-10-21-15-4-2-3-13(11-15)16(17,18)19/h2-8,11,20-21H,9-10H2,1H3. The van der Waals surface area contributed by atoms with Crippen molar-refractivity contribution in [3.8, 4) is 0 Å². The van der Waals surface area contributed by atoms with Gasteiger partial charge in [0.15, 0.2) is 0 Å². The molecule has 0 aromatic heterocycles. The lowest BCUT2D eigenvalue weighted by molar-refractivity contribution is -0.137. The molecule has 0 unspecified atom stereocenters. The fourth-order valence-electron chi connectivity index (χ4n) is 1.89. The number of hydrogen-bond acceptors (Lipinski definition) is 2. The normalized spacial score (nSPS) is 11.2. The first-order valence-electron chi connectivity index (χ1n) is 6.67. The Bertz CT molecular complexity index is 577. The Balaban J connectivity index is 1.82. The molecule has 112 valence electrons. The van der Waals surface area contributed by atoms with Gasteiger partial charge in [0, 0.05) is 24.5 Å². The van der Waals surface area contributed by atoms with Gasteiger partial charge in [0.25, 0.3) is 0 Å².